The zero-order chi connectivity index (χ0) is 19.8. The predicted molar refractivity (Wildman–Crippen MR) is 109 cm³/mol. The first-order valence-corrected chi connectivity index (χ1v) is 9.05. The van der Waals surface area contributed by atoms with Crippen LogP contribution in [0.15, 0.2) is 54.6 Å². The summed E-state index contributed by atoms with van der Waals surface area (Å²) in [6.07, 6.45) is 0. The maximum absolute atomic E-state index is 12.3. The van der Waals surface area contributed by atoms with Gasteiger partial charge in [-0.05, 0) is 23.6 Å². The van der Waals surface area contributed by atoms with Gasteiger partial charge in [0, 0.05) is 13.6 Å². The zero-order valence-electron chi connectivity index (χ0n) is 16.1. The third-order valence-corrected chi connectivity index (χ3v) is 4.30. The molecule has 0 saturated carbocycles. The van der Waals surface area contributed by atoms with Crippen molar-refractivity contribution in [1.29, 1.82) is 0 Å². The minimum atomic E-state index is -0.623. The van der Waals surface area contributed by atoms with Crippen LogP contribution in [0.1, 0.15) is 19.4 Å². The number of para-hydroxylation sites is 2. The topological polar surface area (TPSA) is 87.5 Å². The summed E-state index contributed by atoms with van der Waals surface area (Å²) in [4.78, 5) is 26.2. The van der Waals surface area contributed by atoms with Gasteiger partial charge in [-0.1, -0.05) is 56.3 Å². The molecule has 0 aliphatic rings. The number of nitrogens with zero attached hydrogens (tertiary/aromatic N) is 1. The highest BCUT2D eigenvalue weighted by atomic mass is 16.2. The van der Waals surface area contributed by atoms with Crippen LogP contribution in [-0.4, -0.2) is 31.4 Å². The molecule has 144 valence electrons. The Hall–Kier alpha value is -2.86. The van der Waals surface area contributed by atoms with Crippen LogP contribution < -0.4 is 21.3 Å². The Morgan fingerprint density at radius 1 is 1.04 bits per heavy atom. The fourth-order valence-electron chi connectivity index (χ4n) is 2.64. The first kappa shape index (κ1) is 20.5. The molecule has 4 N–H and O–H groups in total. The fraction of sp³-hybridized carbons (Fsp3) is 0.333. The molecule has 2 amide bonds. The van der Waals surface area contributed by atoms with Crippen LogP contribution >= 0.6 is 0 Å². The SMILES string of the molecule is CC(C)[C@H](N)C(=O)NCC(=O)Nc1ccccc1N(C)Cc1ccccc1. The van der Waals surface area contributed by atoms with Crippen LogP contribution in [0, 0.1) is 5.92 Å². The number of benzene rings is 2. The minimum absolute atomic E-state index is 0.0143. The van der Waals surface area contributed by atoms with Crippen molar-refractivity contribution in [1.82, 2.24) is 5.32 Å². The molecule has 0 heterocycles. The van der Waals surface area contributed by atoms with Crippen molar-refractivity contribution in [3.8, 4) is 0 Å². The Kier molecular flexibility index (Phi) is 7.37. The molecule has 0 aliphatic carbocycles. The molecule has 0 aromatic heterocycles. The summed E-state index contributed by atoms with van der Waals surface area (Å²) in [5.74, 6) is -0.602. The molecule has 0 spiro atoms. The van der Waals surface area contributed by atoms with Gasteiger partial charge < -0.3 is 21.3 Å². The molecule has 0 fully saturated rings. The van der Waals surface area contributed by atoms with Gasteiger partial charge >= 0.3 is 0 Å². The van der Waals surface area contributed by atoms with Crippen LogP contribution in [0.4, 0.5) is 11.4 Å². The Morgan fingerprint density at radius 3 is 2.33 bits per heavy atom. The van der Waals surface area contributed by atoms with Gasteiger partial charge in [-0.15, -0.1) is 0 Å². The van der Waals surface area contributed by atoms with E-state index in [1.54, 1.807) is 0 Å². The van der Waals surface area contributed by atoms with Crippen LogP contribution in [-0.2, 0) is 16.1 Å². The van der Waals surface area contributed by atoms with Crippen LogP contribution in [0.3, 0.4) is 0 Å². The molecule has 0 unspecified atom stereocenters. The van der Waals surface area contributed by atoms with Gasteiger partial charge in [-0.2, -0.15) is 0 Å². The number of hydrogen-bond donors (Lipinski definition) is 3. The molecule has 27 heavy (non-hydrogen) atoms. The average Bonchev–Trinajstić information content (AvgIpc) is 2.66. The Morgan fingerprint density at radius 2 is 1.67 bits per heavy atom. The highest BCUT2D eigenvalue weighted by Gasteiger charge is 2.18. The number of anilines is 2. The molecular formula is C21H28N4O2. The number of nitrogens with one attached hydrogen (secondary N) is 2. The van der Waals surface area contributed by atoms with Crippen molar-refractivity contribution in [2.45, 2.75) is 26.4 Å². The van der Waals surface area contributed by atoms with E-state index in [0.29, 0.717) is 12.2 Å². The molecule has 2 rings (SSSR count). The largest absolute Gasteiger partial charge is 0.369 e. The van der Waals surface area contributed by atoms with Gasteiger partial charge in [0.2, 0.25) is 11.8 Å². The molecule has 6 heteroatoms. The summed E-state index contributed by atoms with van der Waals surface area (Å²) < 4.78 is 0. The first-order chi connectivity index (χ1) is 12.9. The van der Waals surface area contributed by atoms with Crippen molar-refractivity contribution >= 4 is 23.2 Å². The maximum Gasteiger partial charge on any atom is 0.243 e. The molecule has 1 atom stereocenters. The molecule has 6 nitrogen and oxygen atoms in total. The summed E-state index contributed by atoms with van der Waals surface area (Å²) in [6, 6.07) is 17.1. The number of nitrogens with two attached hydrogens (primary N) is 1. The van der Waals surface area contributed by atoms with Crippen molar-refractivity contribution in [3.05, 3.63) is 60.2 Å². The van der Waals surface area contributed by atoms with Crippen LogP contribution in [0.5, 0.6) is 0 Å². The maximum atomic E-state index is 12.3. The van der Waals surface area contributed by atoms with Crippen molar-refractivity contribution in [3.63, 3.8) is 0 Å². The van der Waals surface area contributed by atoms with E-state index in [9.17, 15) is 9.59 Å². The molecule has 0 radical (unpaired) electrons. The molecule has 0 aliphatic heterocycles. The van der Waals surface area contributed by atoms with E-state index < -0.39 is 6.04 Å². The second kappa shape index (κ2) is 9.73. The zero-order valence-corrected chi connectivity index (χ0v) is 16.1. The van der Waals surface area contributed by atoms with Gasteiger partial charge in [0.1, 0.15) is 0 Å². The minimum Gasteiger partial charge on any atom is -0.369 e. The molecule has 0 saturated heterocycles. The van der Waals surface area contributed by atoms with E-state index in [2.05, 4.69) is 27.7 Å². The number of hydrogen-bond acceptors (Lipinski definition) is 4. The first-order valence-electron chi connectivity index (χ1n) is 9.05. The average molecular weight is 368 g/mol. The second-order valence-corrected chi connectivity index (χ2v) is 6.89. The van der Waals surface area contributed by atoms with E-state index in [1.807, 2.05) is 63.4 Å². The fourth-order valence-corrected chi connectivity index (χ4v) is 2.64. The molecular weight excluding hydrogens is 340 g/mol. The van der Waals surface area contributed by atoms with Gasteiger partial charge in [0.15, 0.2) is 0 Å². The summed E-state index contributed by atoms with van der Waals surface area (Å²) in [6.45, 7) is 4.33. The normalized spacial score (nSPS) is 11.7. The number of carbonyl (C=O) groups is 2. The van der Waals surface area contributed by atoms with E-state index in [0.717, 1.165) is 5.69 Å². The van der Waals surface area contributed by atoms with Crippen molar-refractivity contribution in [2.24, 2.45) is 11.7 Å². The molecule has 2 aromatic carbocycles. The summed E-state index contributed by atoms with van der Waals surface area (Å²) >= 11 is 0. The Balaban J connectivity index is 1.98. The lowest BCUT2D eigenvalue weighted by Gasteiger charge is -2.23. The highest BCUT2D eigenvalue weighted by molar-refractivity contribution is 5.97. The predicted octanol–water partition coefficient (Wildman–Crippen LogP) is 2.36. The van der Waals surface area contributed by atoms with Gasteiger partial charge in [-0.25, -0.2) is 0 Å². The number of carbonyl (C=O) groups excluding carboxylic acids is 2. The number of rotatable bonds is 8. The van der Waals surface area contributed by atoms with Gasteiger partial charge in [0.25, 0.3) is 0 Å². The molecule has 0 bridgehead atoms. The van der Waals surface area contributed by atoms with Crippen LogP contribution in [0.25, 0.3) is 0 Å². The molecule has 2 aromatic rings. The number of amides is 2. The third-order valence-electron chi connectivity index (χ3n) is 4.30. The van der Waals surface area contributed by atoms with E-state index >= 15 is 0 Å². The third kappa shape index (κ3) is 6.11. The van der Waals surface area contributed by atoms with E-state index in [4.69, 9.17) is 5.73 Å². The Bertz CT molecular complexity index is 762. The smallest absolute Gasteiger partial charge is 0.243 e. The van der Waals surface area contributed by atoms with Crippen molar-refractivity contribution < 1.29 is 9.59 Å². The van der Waals surface area contributed by atoms with Crippen molar-refractivity contribution in [2.75, 3.05) is 23.8 Å². The lowest BCUT2D eigenvalue weighted by Crippen LogP contribution is -2.46. The quantitative estimate of drug-likeness (QED) is 0.667. The van der Waals surface area contributed by atoms with E-state index in [1.165, 1.54) is 5.56 Å². The Labute approximate surface area is 160 Å². The summed E-state index contributed by atoms with van der Waals surface area (Å²) in [5, 5.41) is 5.45. The summed E-state index contributed by atoms with van der Waals surface area (Å²) in [5.41, 5.74) is 8.56. The van der Waals surface area contributed by atoms with Crippen LogP contribution in [0.2, 0.25) is 0 Å². The summed E-state index contributed by atoms with van der Waals surface area (Å²) in [7, 11) is 1.97. The second-order valence-electron chi connectivity index (χ2n) is 6.89. The van der Waals surface area contributed by atoms with E-state index in [-0.39, 0.29) is 24.3 Å². The highest BCUT2D eigenvalue weighted by Crippen LogP contribution is 2.25. The monoisotopic (exact) mass is 368 g/mol. The lowest BCUT2D eigenvalue weighted by molar-refractivity contribution is -0.125. The lowest BCUT2D eigenvalue weighted by atomic mass is 10.1. The van der Waals surface area contributed by atoms with Gasteiger partial charge in [-0.3, -0.25) is 9.59 Å². The standard InChI is InChI=1S/C21H28N4O2/c1-15(2)20(22)21(27)23-13-19(26)24-17-11-7-8-12-18(17)25(3)14-16-9-5-4-6-10-16/h4-12,15,20H,13-14,22H2,1-3H3,(H,23,27)(H,24,26)/t20-/m0/s1. The van der Waals surface area contributed by atoms with Gasteiger partial charge in [0.05, 0.1) is 24.0 Å².